The fourth-order valence-electron chi connectivity index (χ4n) is 3.41. The fourth-order valence-corrected chi connectivity index (χ4v) is 4.18. The van der Waals surface area contributed by atoms with E-state index in [0.29, 0.717) is 17.3 Å². The van der Waals surface area contributed by atoms with E-state index in [1.807, 2.05) is 42.5 Å². The molecule has 148 valence electrons. The van der Waals surface area contributed by atoms with E-state index in [9.17, 15) is 8.42 Å². The zero-order chi connectivity index (χ0) is 19.7. The number of nitrogens with zero attached hydrogens (tertiary/aromatic N) is 3. The first-order valence-electron chi connectivity index (χ1n) is 9.19. The molecule has 1 fully saturated rings. The highest BCUT2D eigenvalue weighted by atomic mass is 35.5. The molecule has 2 heterocycles. The number of benzene rings is 2. The Hall–Kier alpha value is -2.09. The van der Waals surface area contributed by atoms with Crippen molar-refractivity contribution in [1.29, 1.82) is 0 Å². The molecule has 0 radical (unpaired) electrons. The van der Waals surface area contributed by atoms with Crippen molar-refractivity contribution in [2.45, 2.75) is 0 Å². The second kappa shape index (κ2) is 7.73. The van der Waals surface area contributed by atoms with E-state index >= 15 is 0 Å². The van der Waals surface area contributed by atoms with Crippen molar-refractivity contribution in [3.05, 3.63) is 53.1 Å². The zero-order valence-electron chi connectivity index (χ0n) is 15.6. The minimum Gasteiger partial charge on any atom is -0.454 e. The largest absolute Gasteiger partial charge is 0.454 e. The van der Waals surface area contributed by atoms with Gasteiger partial charge in [0.1, 0.15) is 27.1 Å². The Balaban J connectivity index is 1.60. The van der Waals surface area contributed by atoms with Crippen molar-refractivity contribution >= 4 is 33.0 Å². The van der Waals surface area contributed by atoms with Gasteiger partial charge >= 0.3 is 0 Å². The van der Waals surface area contributed by atoms with Gasteiger partial charge in [-0.1, -0.05) is 23.7 Å². The average molecular weight is 420 g/mol. The molecule has 0 unspecified atom stereocenters. The minimum atomic E-state index is -2.95. The summed E-state index contributed by atoms with van der Waals surface area (Å²) in [4.78, 5) is 9.30. The Bertz CT molecular complexity index is 1020. The van der Waals surface area contributed by atoms with Crippen molar-refractivity contribution in [3.63, 3.8) is 0 Å². The SMILES string of the molecule is CS(=O)(=O)CCN1CCN(C2=Nc3ccccc3Oc3ccc(Cl)cc32)CC1. The number of aliphatic imine (C=N–C) groups is 1. The van der Waals surface area contributed by atoms with Gasteiger partial charge in [-0.25, -0.2) is 13.4 Å². The van der Waals surface area contributed by atoms with Crippen LogP contribution in [0.3, 0.4) is 0 Å². The first kappa shape index (κ1) is 19.2. The third-order valence-corrected chi connectivity index (χ3v) is 6.10. The van der Waals surface area contributed by atoms with Crippen LogP contribution in [0.2, 0.25) is 5.02 Å². The second-order valence-electron chi connectivity index (χ2n) is 7.10. The van der Waals surface area contributed by atoms with Crippen LogP contribution in [-0.4, -0.2) is 68.8 Å². The Labute approximate surface area is 170 Å². The van der Waals surface area contributed by atoms with E-state index in [0.717, 1.165) is 49.0 Å². The topological polar surface area (TPSA) is 62.2 Å². The lowest BCUT2D eigenvalue weighted by Crippen LogP contribution is -2.49. The molecule has 2 aromatic rings. The smallest absolute Gasteiger partial charge is 0.153 e. The van der Waals surface area contributed by atoms with Crippen LogP contribution in [-0.2, 0) is 9.84 Å². The number of sulfone groups is 1. The molecule has 0 saturated carbocycles. The van der Waals surface area contributed by atoms with Crippen LogP contribution >= 0.6 is 11.6 Å². The summed E-state index contributed by atoms with van der Waals surface area (Å²) in [5.41, 5.74) is 1.65. The summed E-state index contributed by atoms with van der Waals surface area (Å²) < 4.78 is 29.0. The Morgan fingerprint density at radius 1 is 1.07 bits per heavy atom. The number of hydrogen-bond acceptors (Lipinski definition) is 6. The van der Waals surface area contributed by atoms with Gasteiger partial charge in [-0.2, -0.15) is 0 Å². The summed E-state index contributed by atoms with van der Waals surface area (Å²) in [6, 6.07) is 13.3. The number of halogens is 1. The van der Waals surface area contributed by atoms with Crippen LogP contribution in [0.15, 0.2) is 47.5 Å². The zero-order valence-corrected chi connectivity index (χ0v) is 17.2. The third kappa shape index (κ3) is 4.32. The molecule has 0 spiro atoms. The Kier molecular flexibility index (Phi) is 5.31. The standard InChI is InChI=1S/C20H22ClN3O3S/c1-28(25,26)13-12-23-8-10-24(11-9-23)20-16-14-15(21)6-7-18(16)27-19-5-3-2-4-17(19)22-20/h2-7,14H,8-13H2,1H3. The van der Waals surface area contributed by atoms with Gasteiger partial charge in [-0.15, -0.1) is 0 Å². The lowest BCUT2D eigenvalue weighted by molar-refractivity contribution is 0.191. The van der Waals surface area contributed by atoms with Crippen LogP contribution in [0.4, 0.5) is 5.69 Å². The van der Waals surface area contributed by atoms with Gasteiger partial charge in [0.2, 0.25) is 0 Å². The van der Waals surface area contributed by atoms with Crippen molar-refractivity contribution < 1.29 is 13.2 Å². The Morgan fingerprint density at radius 2 is 1.82 bits per heavy atom. The van der Waals surface area contributed by atoms with E-state index < -0.39 is 9.84 Å². The van der Waals surface area contributed by atoms with Gasteiger partial charge in [0, 0.05) is 44.0 Å². The highest BCUT2D eigenvalue weighted by molar-refractivity contribution is 7.90. The number of rotatable bonds is 3. The molecule has 0 aliphatic carbocycles. The van der Waals surface area contributed by atoms with Crippen LogP contribution in [0.5, 0.6) is 11.5 Å². The number of hydrogen-bond donors (Lipinski definition) is 0. The van der Waals surface area contributed by atoms with Crippen molar-refractivity contribution in [3.8, 4) is 11.5 Å². The van der Waals surface area contributed by atoms with Gasteiger partial charge < -0.3 is 9.64 Å². The second-order valence-corrected chi connectivity index (χ2v) is 9.80. The summed E-state index contributed by atoms with van der Waals surface area (Å²) in [6.07, 6.45) is 1.28. The molecule has 4 rings (SSSR count). The molecule has 28 heavy (non-hydrogen) atoms. The van der Waals surface area contributed by atoms with Crippen LogP contribution < -0.4 is 4.74 Å². The van der Waals surface area contributed by atoms with Crippen molar-refractivity contribution in [1.82, 2.24) is 9.80 Å². The molecule has 0 bridgehead atoms. The highest BCUT2D eigenvalue weighted by Crippen LogP contribution is 2.38. The molecule has 2 aliphatic rings. The minimum absolute atomic E-state index is 0.188. The first-order valence-corrected chi connectivity index (χ1v) is 11.6. The molecule has 6 nitrogen and oxygen atoms in total. The van der Waals surface area contributed by atoms with Crippen molar-refractivity contribution in [2.24, 2.45) is 4.99 Å². The van der Waals surface area contributed by atoms with Gasteiger partial charge in [0.15, 0.2) is 5.75 Å². The number of piperazine rings is 1. The molecule has 0 N–H and O–H groups in total. The van der Waals surface area contributed by atoms with Crippen molar-refractivity contribution in [2.75, 3.05) is 44.7 Å². The fraction of sp³-hybridized carbons (Fsp3) is 0.350. The maximum Gasteiger partial charge on any atom is 0.153 e. The predicted octanol–water partition coefficient (Wildman–Crippen LogP) is 3.19. The molecule has 1 saturated heterocycles. The molecule has 8 heteroatoms. The van der Waals surface area contributed by atoms with E-state index in [1.165, 1.54) is 6.26 Å². The van der Waals surface area contributed by atoms with Crippen LogP contribution in [0, 0.1) is 0 Å². The van der Waals surface area contributed by atoms with Gasteiger partial charge in [0.25, 0.3) is 0 Å². The molecule has 2 aromatic carbocycles. The average Bonchev–Trinajstić information content (AvgIpc) is 2.83. The highest BCUT2D eigenvalue weighted by Gasteiger charge is 2.26. The molecule has 0 amide bonds. The molecule has 0 atom stereocenters. The van der Waals surface area contributed by atoms with E-state index in [4.69, 9.17) is 21.3 Å². The summed E-state index contributed by atoms with van der Waals surface area (Å²) in [5, 5.41) is 0.632. The number of fused-ring (bicyclic) bond motifs is 2. The maximum absolute atomic E-state index is 11.4. The molecule has 2 aliphatic heterocycles. The summed E-state index contributed by atoms with van der Waals surface area (Å²) >= 11 is 6.26. The molecular weight excluding hydrogens is 398 g/mol. The van der Waals surface area contributed by atoms with E-state index in [1.54, 1.807) is 0 Å². The monoisotopic (exact) mass is 419 g/mol. The summed E-state index contributed by atoms with van der Waals surface area (Å²) in [7, 11) is -2.95. The molecule has 0 aromatic heterocycles. The lowest BCUT2D eigenvalue weighted by Gasteiger charge is -2.36. The van der Waals surface area contributed by atoms with E-state index in [2.05, 4.69) is 9.80 Å². The third-order valence-electron chi connectivity index (χ3n) is 4.94. The number of ether oxygens (including phenoxy) is 1. The van der Waals surface area contributed by atoms with Crippen LogP contribution in [0.1, 0.15) is 5.56 Å². The van der Waals surface area contributed by atoms with Gasteiger partial charge in [-0.05, 0) is 30.3 Å². The summed E-state index contributed by atoms with van der Waals surface area (Å²) in [5.74, 6) is 2.47. The summed E-state index contributed by atoms with van der Waals surface area (Å²) in [6.45, 7) is 3.65. The predicted molar refractivity (Wildman–Crippen MR) is 112 cm³/mol. The van der Waals surface area contributed by atoms with Gasteiger partial charge in [-0.3, -0.25) is 4.90 Å². The lowest BCUT2D eigenvalue weighted by atomic mass is 10.1. The van der Waals surface area contributed by atoms with Crippen LogP contribution in [0.25, 0.3) is 0 Å². The van der Waals surface area contributed by atoms with E-state index in [-0.39, 0.29) is 5.75 Å². The van der Waals surface area contributed by atoms with Gasteiger partial charge in [0.05, 0.1) is 11.3 Å². The quantitative estimate of drug-likeness (QED) is 0.764. The molecular formula is C20H22ClN3O3S. The normalized spacial score (nSPS) is 17.2. The maximum atomic E-state index is 11.4. The Morgan fingerprint density at radius 3 is 2.57 bits per heavy atom. The number of amidine groups is 1. The number of para-hydroxylation sites is 2. The first-order chi connectivity index (χ1) is 13.4.